The van der Waals surface area contributed by atoms with Crippen molar-refractivity contribution in [2.24, 2.45) is 0 Å². The van der Waals surface area contributed by atoms with Crippen LogP contribution >= 0.6 is 11.6 Å². The highest BCUT2D eigenvalue weighted by Gasteiger charge is 2.31. The Balaban J connectivity index is 1.89. The SMILES string of the molecule is CC[C@H](C)NC(=O)[C@@H](Cc1ccccc1)N(Cc1ccccc1)C(=O)COc1cccc(Cl)c1. The molecule has 178 valence electrons. The van der Waals surface area contributed by atoms with E-state index < -0.39 is 6.04 Å². The smallest absolute Gasteiger partial charge is 0.261 e. The molecular formula is C28H31ClN2O3. The summed E-state index contributed by atoms with van der Waals surface area (Å²) in [5.74, 6) is 0.0541. The molecule has 0 radical (unpaired) electrons. The molecule has 0 unspecified atom stereocenters. The average Bonchev–Trinajstić information content (AvgIpc) is 2.85. The van der Waals surface area contributed by atoms with Crippen molar-refractivity contribution in [3.8, 4) is 5.75 Å². The van der Waals surface area contributed by atoms with E-state index in [2.05, 4.69) is 5.32 Å². The van der Waals surface area contributed by atoms with E-state index in [-0.39, 0.29) is 24.5 Å². The van der Waals surface area contributed by atoms with Gasteiger partial charge in [0.2, 0.25) is 5.91 Å². The normalized spacial score (nSPS) is 12.4. The lowest BCUT2D eigenvalue weighted by Gasteiger charge is -2.32. The van der Waals surface area contributed by atoms with Gasteiger partial charge >= 0.3 is 0 Å². The Kier molecular flexibility index (Phi) is 9.53. The summed E-state index contributed by atoms with van der Waals surface area (Å²) in [6.45, 7) is 4.07. The minimum absolute atomic E-state index is 0.00200. The minimum atomic E-state index is -0.688. The lowest BCUT2D eigenvalue weighted by molar-refractivity contribution is -0.143. The first-order valence-electron chi connectivity index (χ1n) is 11.5. The maximum absolute atomic E-state index is 13.5. The Bertz CT molecular complexity index is 1060. The van der Waals surface area contributed by atoms with E-state index in [0.717, 1.165) is 17.5 Å². The highest BCUT2D eigenvalue weighted by molar-refractivity contribution is 6.30. The summed E-state index contributed by atoms with van der Waals surface area (Å²) in [5, 5.41) is 3.59. The average molecular weight is 479 g/mol. The van der Waals surface area contributed by atoms with Crippen molar-refractivity contribution in [3.63, 3.8) is 0 Å². The maximum Gasteiger partial charge on any atom is 0.261 e. The van der Waals surface area contributed by atoms with Gasteiger partial charge in [-0.15, -0.1) is 0 Å². The van der Waals surface area contributed by atoms with Gasteiger partial charge in [0, 0.05) is 24.0 Å². The molecule has 2 amide bonds. The van der Waals surface area contributed by atoms with Crippen LogP contribution in [0.2, 0.25) is 5.02 Å². The molecule has 0 aliphatic carbocycles. The van der Waals surface area contributed by atoms with E-state index in [0.29, 0.717) is 23.7 Å². The summed E-state index contributed by atoms with van der Waals surface area (Å²) >= 11 is 6.05. The highest BCUT2D eigenvalue weighted by Crippen LogP contribution is 2.19. The van der Waals surface area contributed by atoms with Gasteiger partial charge < -0.3 is 15.0 Å². The summed E-state index contributed by atoms with van der Waals surface area (Å²) < 4.78 is 5.74. The number of rotatable bonds is 11. The van der Waals surface area contributed by atoms with Gasteiger partial charge in [-0.2, -0.15) is 0 Å². The Morgan fingerprint density at radius 3 is 2.21 bits per heavy atom. The monoisotopic (exact) mass is 478 g/mol. The number of benzene rings is 3. The molecule has 3 aromatic rings. The molecule has 6 heteroatoms. The van der Waals surface area contributed by atoms with Gasteiger partial charge in [-0.05, 0) is 42.7 Å². The summed E-state index contributed by atoms with van der Waals surface area (Å²) in [6, 6.07) is 25.6. The second kappa shape index (κ2) is 12.8. The van der Waals surface area contributed by atoms with E-state index in [1.54, 1.807) is 29.2 Å². The number of ether oxygens (including phenoxy) is 1. The predicted octanol–water partition coefficient (Wildman–Crippen LogP) is 5.27. The third-order valence-electron chi connectivity index (χ3n) is 5.63. The van der Waals surface area contributed by atoms with Gasteiger partial charge in [-0.1, -0.05) is 85.3 Å². The molecule has 1 N–H and O–H groups in total. The summed E-state index contributed by atoms with van der Waals surface area (Å²) in [7, 11) is 0. The van der Waals surface area contributed by atoms with Crippen molar-refractivity contribution in [1.82, 2.24) is 10.2 Å². The molecule has 0 saturated carbocycles. The molecule has 5 nitrogen and oxygen atoms in total. The number of hydrogen-bond acceptors (Lipinski definition) is 3. The zero-order valence-electron chi connectivity index (χ0n) is 19.6. The third kappa shape index (κ3) is 7.63. The van der Waals surface area contributed by atoms with Crippen molar-refractivity contribution in [1.29, 1.82) is 0 Å². The van der Waals surface area contributed by atoms with Gasteiger partial charge in [0.25, 0.3) is 5.91 Å². The van der Waals surface area contributed by atoms with Crippen molar-refractivity contribution < 1.29 is 14.3 Å². The van der Waals surface area contributed by atoms with Crippen molar-refractivity contribution in [2.75, 3.05) is 6.61 Å². The van der Waals surface area contributed by atoms with E-state index in [9.17, 15) is 9.59 Å². The fraction of sp³-hybridized carbons (Fsp3) is 0.286. The Labute approximate surface area is 206 Å². The molecule has 0 aliphatic rings. The van der Waals surface area contributed by atoms with Crippen LogP contribution in [-0.2, 0) is 22.6 Å². The number of carbonyl (C=O) groups is 2. The largest absolute Gasteiger partial charge is 0.484 e. The van der Waals surface area contributed by atoms with Gasteiger partial charge in [-0.25, -0.2) is 0 Å². The first kappa shape index (κ1) is 25.3. The van der Waals surface area contributed by atoms with Gasteiger partial charge in [0.1, 0.15) is 11.8 Å². The second-order valence-electron chi connectivity index (χ2n) is 8.28. The quantitative estimate of drug-likeness (QED) is 0.408. The lowest BCUT2D eigenvalue weighted by atomic mass is 10.0. The van der Waals surface area contributed by atoms with Crippen molar-refractivity contribution in [3.05, 3.63) is 101 Å². The fourth-order valence-electron chi connectivity index (χ4n) is 3.56. The predicted molar refractivity (Wildman–Crippen MR) is 136 cm³/mol. The van der Waals surface area contributed by atoms with Crippen LogP contribution < -0.4 is 10.1 Å². The van der Waals surface area contributed by atoms with Crippen LogP contribution in [0.1, 0.15) is 31.4 Å². The maximum atomic E-state index is 13.5. The first-order chi connectivity index (χ1) is 16.5. The second-order valence-corrected chi connectivity index (χ2v) is 8.71. The van der Waals surface area contributed by atoms with Gasteiger partial charge in [0.05, 0.1) is 0 Å². The summed E-state index contributed by atoms with van der Waals surface area (Å²) in [6.07, 6.45) is 1.20. The number of halogens is 1. The molecule has 0 fully saturated rings. The van der Waals surface area contributed by atoms with E-state index in [1.165, 1.54) is 0 Å². The van der Waals surface area contributed by atoms with Crippen molar-refractivity contribution >= 4 is 23.4 Å². The zero-order valence-corrected chi connectivity index (χ0v) is 20.4. The van der Waals surface area contributed by atoms with Crippen LogP contribution in [-0.4, -0.2) is 35.4 Å². The molecule has 0 heterocycles. The summed E-state index contributed by atoms with van der Waals surface area (Å²) in [4.78, 5) is 28.5. The highest BCUT2D eigenvalue weighted by atomic mass is 35.5. The molecule has 3 aromatic carbocycles. The summed E-state index contributed by atoms with van der Waals surface area (Å²) in [5.41, 5.74) is 1.92. The van der Waals surface area contributed by atoms with Crippen LogP contribution in [0.15, 0.2) is 84.9 Å². The number of hydrogen-bond donors (Lipinski definition) is 1. The van der Waals surface area contributed by atoms with E-state index >= 15 is 0 Å². The van der Waals surface area contributed by atoms with Gasteiger partial charge in [-0.3, -0.25) is 9.59 Å². The molecule has 0 aliphatic heterocycles. The molecule has 0 aromatic heterocycles. The van der Waals surface area contributed by atoms with Crippen molar-refractivity contribution in [2.45, 2.75) is 45.3 Å². The van der Waals surface area contributed by atoms with E-state index in [4.69, 9.17) is 16.3 Å². The van der Waals surface area contributed by atoms with Gasteiger partial charge in [0.15, 0.2) is 6.61 Å². The standard InChI is InChI=1S/C28H31ClN2O3/c1-3-21(2)30-28(33)26(17-22-11-6-4-7-12-22)31(19-23-13-8-5-9-14-23)27(32)20-34-25-16-10-15-24(29)18-25/h4-16,18,21,26H,3,17,19-20H2,1-2H3,(H,30,33)/t21-,26+/m0/s1. The minimum Gasteiger partial charge on any atom is -0.484 e. The van der Waals surface area contributed by atoms with Crippen LogP contribution in [0, 0.1) is 0 Å². The molecule has 0 spiro atoms. The number of nitrogens with zero attached hydrogens (tertiary/aromatic N) is 1. The number of nitrogens with one attached hydrogen (secondary N) is 1. The molecule has 34 heavy (non-hydrogen) atoms. The lowest BCUT2D eigenvalue weighted by Crippen LogP contribution is -2.53. The Morgan fingerprint density at radius 1 is 0.941 bits per heavy atom. The Morgan fingerprint density at radius 2 is 1.59 bits per heavy atom. The third-order valence-corrected chi connectivity index (χ3v) is 5.86. The number of carbonyl (C=O) groups excluding carboxylic acids is 2. The molecule has 0 saturated heterocycles. The zero-order chi connectivity index (χ0) is 24.3. The Hall–Kier alpha value is -3.31. The van der Waals surface area contributed by atoms with Crippen LogP contribution in [0.5, 0.6) is 5.75 Å². The molecular weight excluding hydrogens is 448 g/mol. The van der Waals surface area contributed by atoms with Crippen LogP contribution in [0.4, 0.5) is 0 Å². The number of amides is 2. The van der Waals surface area contributed by atoms with E-state index in [1.807, 2.05) is 74.5 Å². The fourth-order valence-corrected chi connectivity index (χ4v) is 3.74. The van der Waals surface area contributed by atoms with Crippen LogP contribution in [0.3, 0.4) is 0 Å². The first-order valence-corrected chi connectivity index (χ1v) is 11.9. The van der Waals surface area contributed by atoms with Crippen LogP contribution in [0.25, 0.3) is 0 Å². The molecule has 2 atom stereocenters. The molecule has 3 rings (SSSR count). The molecule has 0 bridgehead atoms. The topological polar surface area (TPSA) is 58.6 Å².